The van der Waals surface area contributed by atoms with Gasteiger partial charge in [-0.1, -0.05) is 6.07 Å². The molecule has 5 heteroatoms. The Kier molecular flexibility index (Phi) is 3.28. The maximum atomic E-state index is 11.5. The van der Waals surface area contributed by atoms with Gasteiger partial charge in [-0.25, -0.2) is 4.79 Å². The third kappa shape index (κ3) is 2.81. The Balaban J connectivity index is 1.79. The van der Waals surface area contributed by atoms with Gasteiger partial charge in [0.2, 0.25) is 0 Å². The maximum Gasteiger partial charge on any atom is 0.348 e. The second-order valence-corrected chi connectivity index (χ2v) is 4.97. The van der Waals surface area contributed by atoms with E-state index in [1.807, 2.05) is 25.3 Å². The molecule has 0 unspecified atom stereocenters. The van der Waals surface area contributed by atoms with Crippen LogP contribution in [-0.4, -0.2) is 31.1 Å². The number of carbonyl (C=O) groups excluding carboxylic acids is 1. The van der Waals surface area contributed by atoms with Crippen molar-refractivity contribution in [1.82, 2.24) is 0 Å². The van der Waals surface area contributed by atoms with Crippen LogP contribution >= 0.6 is 11.3 Å². The molecule has 1 aromatic rings. The van der Waals surface area contributed by atoms with Crippen LogP contribution in [0.25, 0.3) is 0 Å². The van der Waals surface area contributed by atoms with Gasteiger partial charge >= 0.3 is 5.97 Å². The average molecular weight is 242 g/mol. The first-order valence-electron chi connectivity index (χ1n) is 5.09. The number of esters is 1. The number of hydrogen-bond acceptors (Lipinski definition) is 5. The number of rotatable bonds is 3. The molecule has 0 aromatic carbocycles. The summed E-state index contributed by atoms with van der Waals surface area (Å²) >= 11 is 1.37. The van der Waals surface area contributed by atoms with Crippen molar-refractivity contribution >= 4 is 17.3 Å². The summed E-state index contributed by atoms with van der Waals surface area (Å²) in [5, 5.41) is 1.84. The molecule has 1 fully saturated rings. The SMILES string of the molecule is CC1(C)OC[C@H](COC(=O)c2cccs2)O1. The van der Waals surface area contributed by atoms with Crippen molar-refractivity contribution in [1.29, 1.82) is 0 Å². The Morgan fingerprint density at radius 3 is 3.06 bits per heavy atom. The predicted octanol–water partition coefficient (Wildman–Crippen LogP) is 2.06. The van der Waals surface area contributed by atoms with Crippen LogP contribution in [0.2, 0.25) is 0 Å². The summed E-state index contributed by atoms with van der Waals surface area (Å²) < 4.78 is 16.0. The summed E-state index contributed by atoms with van der Waals surface area (Å²) in [6.07, 6.45) is -0.168. The summed E-state index contributed by atoms with van der Waals surface area (Å²) in [6.45, 7) is 4.38. The molecule has 1 aliphatic heterocycles. The van der Waals surface area contributed by atoms with E-state index in [0.717, 1.165) is 0 Å². The first-order valence-corrected chi connectivity index (χ1v) is 5.97. The van der Waals surface area contributed by atoms with Crippen LogP contribution in [0.5, 0.6) is 0 Å². The molecular weight excluding hydrogens is 228 g/mol. The molecule has 0 saturated carbocycles. The lowest BCUT2D eigenvalue weighted by Crippen LogP contribution is -2.25. The summed E-state index contributed by atoms with van der Waals surface area (Å²) in [5.74, 6) is -0.872. The van der Waals surface area contributed by atoms with Gasteiger partial charge in [-0.15, -0.1) is 11.3 Å². The molecule has 1 saturated heterocycles. The van der Waals surface area contributed by atoms with Gasteiger partial charge in [-0.2, -0.15) is 0 Å². The van der Waals surface area contributed by atoms with Gasteiger partial charge < -0.3 is 14.2 Å². The van der Waals surface area contributed by atoms with E-state index in [1.54, 1.807) is 6.07 Å². The van der Waals surface area contributed by atoms with E-state index in [1.165, 1.54) is 11.3 Å². The number of hydrogen-bond donors (Lipinski definition) is 0. The molecule has 4 nitrogen and oxygen atoms in total. The van der Waals surface area contributed by atoms with Crippen molar-refractivity contribution in [3.05, 3.63) is 22.4 Å². The van der Waals surface area contributed by atoms with Crippen molar-refractivity contribution in [3.63, 3.8) is 0 Å². The largest absolute Gasteiger partial charge is 0.459 e. The molecule has 1 aliphatic rings. The summed E-state index contributed by atoms with van der Waals surface area (Å²) in [7, 11) is 0. The third-order valence-electron chi connectivity index (χ3n) is 2.19. The van der Waals surface area contributed by atoms with Crippen molar-refractivity contribution in [2.24, 2.45) is 0 Å². The molecule has 0 aliphatic carbocycles. The molecule has 16 heavy (non-hydrogen) atoms. The molecular formula is C11H14O4S. The maximum absolute atomic E-state index is 11.5. The molecule has 0 radical (unpaired) electrons. The predicted molar refractivity (Wildman–Crippen MR) is 59.5 cm³/mol. The van der Waals surface area contributed by atoms with Crippen molar-refractivity contribution in [2.75, 3.05) is 13.2 Å². The fourth-order valence-electron chi connectivity index (χ4n) is 1.48. The average Bonchev–Trinajstić information content (AvgIpc) is 2.83. The van der Waals surface area contributed by atoms with Gasteiger partial charge in [0, 0.05) is 0 Å². The van der Waals surface area contributed by atoms with Crippen LogP contribution in [0.4, 0.5) is 0 Å². The second-order valence-electron chi connectivity index (χ2n) is 4.03. The lowest BCUT2D eigenvalue weighted by molar-refractivity contribution is -0.142. The van der Waals surface area contributed by atoms with Crippen LogP contribution < -0.4 is 0 Å². The second kappa shape index (κ2) is 4.53. The number of thiophene rings is 1. The van der Waals surface area contributed by atoms with E-state index >= 15 is 0 Å². The van der Waals surface area contributed by atoms with E-state index in [2.05, 4.69) is 0 Å². The lowest BCUT2D eigenvalue weighted by Gasteiger charge is -2.16. The highest BCUT2D eigenvalue weighted by Gasteiger charge is 2.33. The van der Waals surface area contributed by atoms with E-state index in [-0.39, 0.29) is 18.7 Å². The monoisotopic (exact) mass is 242 g/mol. The number of ether oxygens (including phenoxy) is 3. The normalized spacial score (nSPS) is 23.2. The van der Waals surface area contributed by atoms with Crippen LogP contribution in [0.3, 0.4) is 0 Å². The minimum absolute atomic E-state index is 0.168. The zero-order valence-electron chi connectivity index (χ0n) is 9.26. The van der Waals surface area contributed by atoms with Gasteiger partial charge in [-0.3, -0.25) is 0 Å². The Morgan fingerprint density at radius 2 is 2.50 bits per heavy atom. The van der Waals surface area contributed by atoms with Gasteiger partial charge in [0.05, 0.1) is 6.61 Å². The Morgan fingerprint density at radius 1 is 1.69 bits per heavy atom. The Labute approximate surface area is 98.1 Å². The van der Waals surface area contributed by atoms with Gasteiger partial charge in [0.15, 0.2) is 5.79 Å². The number of carbonyl (C=O) groups is 1. The van der Waals surface area contributed by atoms with Gasteiger partial charge in [0.25, 0.3) is 0 Å². The van der Waals surface area contributed by atoms with Crippen LogP contribution in [-0.2, 0) is 14.2 Å². The van der Waals surface area contributed by atoms with Crippen molar-refractivity contribution in [2.45, 2.75) is 25.7 Å². The highest BCUT2D eigenvalue weighted by atomic mass is 32.1. The molecule has 0 spiro atoms. The molecule has 2 heterocycles. The van der Waals surface area contributed by atoms with E-state index in [9.17, 15) is 4.79 Å². The quantitative estimate of drug-likeness (QED) is 0.761. The molecule has 0 bridgehead atoms. The fourth-order valence-corrected chi connectivity index (χ4v) is 2.10. The molecule has 0 amide bonds. The lowest BCUT2D eigenvalue weighted by atomic mass is 10.4. The molecule has 1 atom stereocenters. The van der Waals surface area contributed by atoms with Crippen LogP contribution in [0.15, 0.2) is 17.5 Å². The van der Waals surface area contributed by atoms with Gasteiger partial charge in [0.1, 0.15) is 17.6 Å². The summed E-state index contributed by atoms with van der Waals surface area (Å²) in [5.41, 5.74) is 0. The first kappa shape index (κ1) is 11.6. The van der Waals surface area contributed by atoms with E-state index < -0.39 is 5.79 Å². The first-order chi connectivity index (χ1) is 7.57. The summed E-state index contributed by atoms with van der Waals surface area (Å²) in [4.78, 5) is 12.1. The Hall–Kier alpha value is -0.910. The third-order valence-corrected chi connectivity index (χ3v) is 3.04. The smallest absolute Gasteiger partial charge is 0.348 e. The van der Waals surface area contributed by atoms with E-state index in [0.29, 0.717) is 11.5 Å². The van der Waals surface area contributed by atoms with Crippen molar-refractivity contribution < 1.29 is 19.0 Å². The molecule has 1 aromatic heterocycles. The molecule has 88 valence electrons. The highest BCUT2D eigenvalue weighted by molar-refractivity contribution is 7.11. The standard InChI is InChI=1S/C11H14O4S/c1-11(2)14-7-8(15-11)6-13-10(12)9-4-3-5-16-9/h3-5,8H,6-7H2,1-2H3/t8-/m0/s1. The fraction of sp³-hybridized carbons (Fsp3) is 0.545. The minimum atomic E-state index is -0.569. The molecule has 2 rings (SSSR count). The topological polar surface area (TPSA) is 44.8 Å². The van der Waals surface area contributed by atoms with Crippen molar-refractivity contribution in [3.8, 4) is 0 Å². The summed E-state index contributed by atoms with van der Waals surface area (Å²) in [6, 6.07) is 3.56. The zero-order chi connectivity index (χ0) is 11.6. The Bertz CT molecular complexity index is 358. The molecule has 0 N–H and O–H groups in total. The highest BCUT2D eigenvalue weighted by Crippen LogP contribution is 2.22. The minimum Gasteiger partial charge on any atom is -0.459 e. The van der Waals surface area contributed by atoms with Gasteiger partial charge in [-0.05, 0) is 25.3 Å². The zero-order valence-corrected chi connectivity index (χ0v) is 10.1. The van der Waals surface area contributed by atoms with Crippen LogP contribution in [0.1, 0.15) is 23.5 Å². The van der Waals surface area contributed by atoms with E-state index in [4.69, 9.17) is 14.2 Å². The van der Waals surface area contributed by atoms with Crippen LogP contribution in [0, 0.1) is 0 Å².